The lowest BCUT2D eigenvalue weighted by Crippen LogP contribution is -2.41. The zero-order valence-corrected chi connectivity index (χ0v) is 11.1. The summed E-state index contributed by atoms with van der Waals surface area (Å²) in [5.41, 5.74) is 0. The molecule has 18 heavy (non-hydrogen) atoms. The van der Waals surface area contributed by atoms with Crippen LogP contribution in [-0.2, 0) is 19.6 Å². The molecule has 1 aliphatic heterocycles. The topological polar surface area (TPSA) is 83.9 Å². The Kier molecular flexibility index (Phi) is 5.77. The minimum absolute atomic E-state index is 0.0189. The van der Waals surface area contributed by atoms with Crippen molar-refractivity contribution >= 4 is 16.0 Å². The Bertz CT molecular complexity index is 384. The van der Waals surface area contributed by atoms with E-state index in [1.54, 1.807) is 0 Å². The number of aliphatic carboxylic acids is 1. The van der Waals surface area contributed by atoms with Crippen molar-refractivity contribution in [2.75, 3.05) is 25.4 Å². The molecule has 0 aromatic rings. The molecule has 7 heteroatoms. The fraction of sp³-hybridized carbons (Fsp3) is 0.727. The van der Waals surface area contributed by atoms with Crippen LogP contribution in [0.5, 0.6) is 0 Å². The number of nitrogens with zero attached hydrogens (tertiary/aromatic N) is 1. The second-order valence-corrected chi connectivity index (χ2v) is 6.19. The molecule has 104 valence electrons. The number of hydrogen-bond acceptors (Lipinski definition) is 4. The van der Waals surface area contributed by atoms with Gasteiger partial charge in [0.15, 0.2) is 0 Å². The van der Waals surface area contributed by atoms with Gasteiger partial charge in [0.25, 0.3) is 0 Å². The second kappa shape index (κ2) is 6.86. The van der Waals surface area contributed by atoms with E-state index in [-0.39, 0.29) is 24.9 Å². The van der Waals surface area contributed by atoms with Crippen molar-refractivity contribution in [2.24, 2.45) is 0 Å². The van der Waals surface area contributed by atoms with Gasteiger partial charge in [-0.1, -0.05) is 6.08 Å². The molecule has 0 aromatic carbocycles. The number of carboxylic acids is 1. The number of carboxylic acid groups (broad SMARTS) is 1. The van der Waals surface area contributed by atoms with Gasteiger partial charge in [0.1, 0.15) is 0 Å². The summed E-state index contributed by atoms with van der Waals surface area (Å²) in [6.45, 7) is 4.46. The highest BCUT2D eigenvalue weighted by molar-refractivity contribution is 7.89. The number of rotatable bonds is 7. The van der Waals surface area contributed by atoms with Crippen molar-refractivity contribution in [3.63, 3.8) is 0 Å². The van der Waals surface area contributed by atoms with Crippen molar-refractivity contribution in [2.45, 2.75) is 25.4 Å². The van der Waals surface area contributed by atoms with Gasteiger partial charge in [0.05, 0.1) is 24.9 Å². The summed E-state index contributed by atoms with van der Waals surface area (Å²) in [7, 11) is -3.23. The van der Waals surface area contributed by atoms with E-state index in [0.717, 1.165) is 0 Å². The average molecular weight is 277 g/mol. The zero-order chi connectivity index (χ0) is 13.6. The van der Waals surface area contributed by atoms with Crippen LogP contribution in [0.15, 0.2) is 12.7 Å². The SMILES string of the molecule is C=CCS(=O)(=O)N1CCC(OCCC(=O)O)CC1. The first-order valence-electron chi connectivity index (χ1n) is 5.88. The van der Waals surface area contributed by atoms with Crippen LogP contribution in [0, 0.1) is 0 Å². The fourth-order valence-electron chi connectivity index (χ4n) is 1.84. The molecule has 1 saturated heterocycles. The Morgan fingerprint density at radius 1 is 1.44 bits per heavy atom. The first-order valence-corrected chi connectivity index (χ1v) is 7.48. The second-order valence-electron chi connectivity index (χ2n) is 4.18. The van der Waals surface area contributed by atoms with Crippen molar-refractivity contribution < 1.29 is 23.1 Å². The molecule has 1 rings (SSSR count). The zero-order valence-electron chi connectivity index (χ0n) is 10.2. The standard InChI is InChI=1S/C11H19NO5S/c1-2-9-18(15,16)12-6-3-10(4-7-12)17-8-5-11(13)14/h2,10H,1,3-9H2,(H,13,14). The molecule has 0 radical (unpaired) electrons. The molecule has 0 spiro atoms. The number of piperidine rings is 1. The maximum Gasteiger partial charge on any atom is 0.305 e. The van der Waals surface area contributed by atoms with Crippen LogP contribution in [0.25, 0.3) is 0 Å². The molecular weight excluding hydrogens is 258 g/mol. The van der Waals surface area contributed by atoms with Crippen LogP contribution < -0.4 is 0 Å². The van der Waals surface area contributed by atoms with Crippen molar-refractivity contribution in [1.29, 1.82) is 0 Å². The third-order valence-electron chi connectivity index (χ3n) is 2.79. The summed E-state index contributed by atoms with van der Waals surface area (Å²) < 4.78 is 30.3. The molecule has 1 fully saturated rings. The van der Waals surface area contributed by atoms with Gasteiger partial charge in [-0.25, -0.2) is 12.7 Å². The maximum absolute atomic E-state index is 11.7. The maximum atomic E-state index is 11.7. The van der Waals surface area contributed by atoms with Crippen LogP contribution in [0.1, 0.15) is 19.3 Å². The first kappa shape index (κ1) is 15.1. The van der Waals surface area contributed by atoms with E-state index in [2.05, 4.69) is 6.58 Å². The Morgan fingerprint density at radius 2 is 2.06 bits per heavy atom. The first-order chi connectivity index (χ1) is 8.45. The Balaban J connectivity index is 2.32. The largest absolute Gasteiger partial charge is 0.481 e. The van der Waals surface area contributed by atoms with Gasteiger partial charge in [-0.15, -0.1) is 6.58 Å². The van der Waals surface area contributed by atoms with Gasteiger partial charge in [0.2, 0.25) is 10.0 Å². The minimum atomic E-state index is -3.23. The summed E-state index contributed by atoms with van der Waals surface area (Å²) in [6, 6.07) is 0. The lowest BCUT2D eigenvalue weighted by molar-refractivity contribution is -0.138. The number of carbonyl (C=O) groups is 1. The molecule has 1 heterocycles. The van der Waals surface area contributed by atoms with E-state index in [0.29, 0.717) is 25.9 Å². The van der Waals surface area contributed by atoms with Gasteiger partial charge in [-0.2, -0.15) is 0 Å². The molecule has 0 aromatic heterocycles. The van der Waals surface area contributed by atoms with Crippen LogP contribution in [-0.4, -0.2) is 55.4 Å². The highest BCUT2D eigenvalue weighted by Gasteiger charge is 2.27. The predicted octanol–water partition coefficient (Wildman–Crippen LogP) is 0.458. The van der Waals surface area contributed by atoms with E-state index in [1.807, 2.05) is 0 Å². The molecule has 0 aliphatic carbocycles. The van der Waals surface area contributed by atoms with Gasteiger partial charge in [0, 0.05) is 13.1 Å². The summed E-state index contributed by atoms with van der Waals surface area (Å²) in [5.74, 6) is -0.932. The summed E-state index contributed by atoms with van der Waals surface area (Å²) in [4.78, 5) is 10.3. The highest BCUT2D eigenvalue weighted by Crippen LogP contribution is 2.17. The van der Waals surface area contributed by atoms with Crippen LogP contribution in [0.3, 0.4) is 0 Å². The molecule has 6 nitrogen and oxygen atoms in total. The lowest BCUT2D eigenvalue weighted by atomic mass is 10.1. The molecule has 0 saturated carbocycles. The van der Waals surface area contributed by atoms with Gasteiger partial charge in [-0.05, 0) is 12.8 Å². The van der Waals surface area contributed by atoms with Crippen molar-refractivity contribution in [3.05, 3.63) is 12.7 Å². The van der Waals surface area contributed by atoms with Crippen LogP contribution in [0.4, 0.5) is 0 Å². The predicted molar refractivity (Wildman–Crippen MR) is 66.8 cm³/mol. The summed E-state index contributed by atoms with van der Waals surface area (Å²) >= 11 is 0. The quantitative estimate of drug-likeness (QED) is 0.683. The Hall–Kier alpha value is -0.920. The number of ether oxygens (including phenoxy) is 1. The number of sulfonamides is 1. The Morgan fingerprint density at radius 3 is 2.56 bits per heavy atom. The summed E-state index contributed by atoms with van der Waals surface area (Å²) in [6.07, 6.45) is 2.53. The Labute approximate surface area is 107 Å². The third kappa shape index (κ3) is 4.75. The fourth-order valence-corrected chi connectivity index (χ4v) is 3.12. The third-order valence-corrected chi connectivity index (χ3v) is 4.60. The van der Waals surface area contributed by atoms with E-state index in [1.165, 1.54) is 10.4 Å². The van der Waals surface area contributed by atoms with Crippen molar-refractivity contribution in [1.82, 2.24) is 4.31 Å². The normalized spacial score (nSPS) is 18.7. The van der Waals surface area contributed by atoms with E-state index < -0.39 is 16.0 Å². The lowest BCUT2D eigenvalue weighted by Gasteiger charge is -2.30. The highest BCUT2D eigenvalue weighted by atomic mass is 32.2. The minimum Gasteiger partial charge on any atom is -0.481 e. The van der Waals surface area contributed by atoms with E-state index >= 15 is 0 Å². The molecule has 0 atom stereocenters. The molecule has 0 bridgehead atoms. The van der Waals surface area contributed by atoms with Crippen molar-refractivity contribution in [3.8, 4) is 0 Å². The monoisotopic (exact) mass is 277 g/mol. The van der Waals surface area contributed by atoms with Gasteiger partial charge in [-0.3, -0.25) is 4.79 Å². The molecule has 0 unspecified atom stereocenters. The van der Waals surface area contributed by atoms with E-state index in [4.69, 9.17) is 9.84 Å². The smallest absolute Gasteiger partial charge is 0.305 e. The molecule has 0 amide bonds. The number of hydrogen-bond donors (Lipinski definition) is 1. The molecule has 1 N–H and O–H groups in total. The summed E-state index contributed by atoms with van der Waals surface area (Å²) in [5, 5.41) is 8.47. The average Bonchev–Trinajstić information content (AvgIpc) is 2.29. The van der Waals surface area contributed by atoms with Gasteiger partial charge < -0.3 is 9.84 Å². The van der Waals surface area contributed by atoms with Crippen LogP contribution >= 0.6 is 0 Å². The molecule has 1 aliphatic rings. The van der Waals surface area contributed by atoms with Gasteiger partial charge >= 0.3 is 5.97 Å². The van der Waals surface area contributed by atoms with Crippen LogP contribution in [0.2, 0.25) is 0 Å². The molecular formula is C11H19NO5S. The van der Waals surface area contributed by atoms with E-state index in [9.17, 15) is 13.2 Å².